The van der Waals surface area contributed by atoms with Crippen molar-refractivity contribution in [2.45, 2.75) is 6.92 Å². The zero-order chi connectivity index (χ0) is 9.14. The predicted molar refractivity (Wildman–Crippen MR) is 47.5 cm³/mol. The number of anilines is 1. The molecule has 0 radical (unpaired) electrons. The van der Waals surface area contributed by atoms with Gasteiger partial charge in [0.15, 0.2) is 6.29 Å². The number of aldehydes is 1. The largest absolute Gasteiger partial charge is 0.496 e. The molecule has 64 valence electrons. The van der Waals surface area contributed by atoms with Crippen LogP contribution >= 0.6 is 0 Å². The number of aryl methyl sites for hydroxylation is 1. The normalized spacial score (nSPS) is 9.50. The summed E-state index contributed by atoms with van der Waals surface area (Å²) in [7, 11) is 1.53. The van der Waals surface area contributed by atoms with Crippen LogP contribution in [0.15, 0.2) is 12.1 Å². The first-order valence-electron chi connectivity index (χ1n) is 3.58. The molecule has 0 fully saturated rings. The van der Waals surface area contributed by atoms with E-state index in [-0.39, 0.29) is 0 Å². The maximum Gasteiger partial charge on any atom is 0.153 e. The van der Waals surface area contributed by atoms with Gasteiger partial charge in [0, 0.05) is 5.69 Å². The van der Waals surface area contributed by atoms with Gasteiger partial charge in [0.1, 0.15) is 5.75 Å². The van der Waals surface area contributed by atoms with Crippen molar-refractivity contribution in [3.63, 3.8) is 0 Å². The van der Waals surface area contributed by atoms with Gasteiger partial charge in [-0.2, -0.15) is 0 Å². The molecule has 0 unspecified atom stereocenters. The Morgan fingerprint density at radius 2 is 2.17 bits per heavy atom. The fourth-order valence-electron chi connectivity index (χ4n) is 1.20. The molecule has 0 spiro atoms. The van der Waals surface area contributed by atoms with E-state index in [9.17, 15) is 4.79 Å². The molecule has 2 N–H and O–H groups in total. The lowest BCUT2D eigenvalue weighted by atomic mass is 10.1. The van der Waals surface area contributed by atoms with Gasteiger partial charge in [-0.25, -0.2) is 0 Å². The lowest BCUT2D eigenvalue weighted by Crippen LogP contribution is -1.96. The van der Waals surface area contributed by atoms with E-state index >= 15 is 0 Å². The van der Waals surface area contributed by atoms with E-state index in [1.807, 2.05) is 6.92 Å². The molecule has 0 aliphatic rings. The van der Waals surface area contributed by atoms with Crippen LogP contribution in [0.5, 0.6) is 5.75 Å². The summed E-state index contributed by atoms with van der Waals surface area (Å²) in [5, 5.41) is 0. The molecule has 1 rings (SSSR count). The summed E-state index contributed by atoms with van der Waals surface area (Å²) in [6.07, 6.45) is 0.738. The molecule has 1 aromatic carbocycles. The molecule has 0 aromatic heterocycles. The molecule has 3 heteroatoms. The molecule has 1 aromatic rings. The van der Waals surface area contributed by atoms with Crippen molar-refractivity contribution in [2.24, 2.45) is 0 Å². The Labute approximate surface area is 71.1 Å². The Balaban J connectivity index is 3.33. The maximum absolute atomic E-state index is 10.6. The summed E-state index contributed by atoms with van der Waals surface area (Å²) in [5.74, 6) is 0.596. The lowest BCUT2D eigenvalue weighted by Gasteiger charge is -2.07. The standard InChI is InChI=1S/C9H11NO2/c1-6-3-8(10)4-7(5-11)9(6)12-2/h3-5H,10H2,1-2H3. The van der Waals surface area contributed by atoms with E-state index in [1.54, 1.807) is 12.1 Å². The zero-order valence-corrected chi connectivity index (χ0v) is 7.13. The van der Waals surface area contributed by atoms with E-state index in [4.69, 9.17) is 10.5 Å². The second kappa shape index (κ2) is 3.26. The van der Waals surface area contributed by atoms with Gasteiger partial charge in [-0.05, 0) is 24.6 Å². The van der Waals surface area contributed by atoms with Gasteiger partial charge in [-0.3, -0.25) is 4.79 Å². The van der Waals surface area contributed by atoms with Crippen LogP contribution in [0.3, 0.4) is 0 Å². The van der Waals surface area contributed by atoms with Gasteiger partial charge in [0.05, 0.1) is 12.7 Å². The minimum Gasteiger partial charge on any atom is -0.496 e. The number of carbonyl (C=O) groups is 1. The third kappa shape index (κ3) is 1.39. The monoisotopic (exact) mass is 165 g/mol. The van der Waals surface area contributed by atoms with Gasteiger partial charge in [-0.1, -0.05) is 0 Å². The highest BCUT2D eigenvalue weighted by Gasteiger charge is 2.05. The van der Waals surface area contributed by atoms with Crippen LogP contribution in [0.2, 0.25) is 0 Å². The number of ether oxygens (including phenoxy) is 1. The third-order valence-electron chi connectivity index (χ3n) is 1.66. The smallest absolute Gasteiger partial charge is 0.153 e. The fraction of sp³-hybridized carbons (Fsp3) is 0.222. The molecule has 0 atom stereocenters. The van der Waals surface area contributed by atoms with Crippen LogP contribution in [0.25, 0.3) is 0 Å². The van der Waals surface area contributed by atoms with E-state index in [2.05, 4.69) is 0 Å². The minimum absolute atomic E-state index is 0.495. The average molecular weight is 165 g/mol. The van der Waals surface area contributed by atoms with E-state index in [0.717, 1.165) is 11.8 Å². The van der Waals surface area contributed by atoms with Gasteiger partial charge in [0.25, 0.3) is 0 Å². The number of hydrogen-bond donors (Lipinski definition) is 1. The van der Waals surface area contributed by atoms with Gasteiger partial charge >= 0.3 is 0 Å². The highest BCUT2D eigenvalue weighted by Crippen LogP contribution is 2.24. The molecule has 0 saturated carbocycles. The van der Waals surface area contributed by atoms with Gasteiger partial charge < -0.3 is 10.5 Å². The summed E-state index contributed by atoms with van der Waals surface area (Å²) >= 11 is 0. The van der Waals surface area contributed by atoms with Crippen molar-refractivity contribution in [1.82, 2.24) is 0 Å². The van der Waals surface area contributed by atoms with Crippen molar-refractivity contribution >= 4 is 12.0 Å². The van der Waals surface area contributed by atoms with Crippen LogP contribution < -0.4 is 10.5 Å². The number of nitrogens with two attached hydrogens (primary N) is 1. The van der Waals surface area contributed by atoms with Crippen molar-refractivity contribution in [2.75, 3.05) is 12.8 Å². The van der Waals surface area contributed by atoms with E-state index < -0.39 is 0 Å². The highest BCUT2D eigenvalue weighted by atomic mass is 16.5. The Morgan fingerprint density at radius 3 is 2.67 bits per heavy atom. The van der Waals surface area contributed by atoms with Crippen LogP contribution in [0.1, 0.15) is 15.9 Å². The first-order chi connectivity index (χ1) is 5.69. The van der Waals surface area contributed by atoms with Crippen molar-refractivity contribution in [3.05, 3.63) is 23.3 Å². The second-order valence-electron chi connectivity index (χ2n) is 2.58. The summed E-state index contributed by atoms with van der Waals surface area (Å²) < 4.78 is 5.04. The number of benzene rings is 1. The SMILES string of the molecule is COc1c(C)cc(N)cc1C=O. The number of hydrogen-bond acceptors (Lipinski definition) is 3. The van der Waals surface area contributed by atoms with Crippen molar-refractivity contribution < 1.29 is 9.53 Å². The Morgan fingerprint density at radius 1 is 1.50 bits per heavy atom. The van der Waals surface area contributed by atoms with Crippen molar-refractivity contribution in [3.8, 4) is 5.75 Å². The topological polar surface area (TPSA) is 52.3 Å². The van der Waals surface area contributed by atoms with Crippen LogP contribution in [0, 0.1) is 6.92 Å². The molecule has 0 heterocycles. The third-order valence-corrected chi connectivity index (χ3v) is 1.66. The number of carbonyl (C=O) groups excluding carboxylic acids is 1. The first kappa shape index (κ1) is 8.59. The number of methoxy groups -OCH3 is 1. The van der Waals surface area contributed by atoms with E-state index in [0.29, 0.717) is 17.0 Å². The maximum atomic E-state index is 10.6. The van der Waals surface area contributed by atoms with Crippen LogP contribution in [-0.4, -0.2) is 13.4 Å². The predicted octanol–water partition coefficient (Wildman–Crippen LogP) is 1.40. The molecule has 3 nitrogen and oxygen atoms in total. The van der Waals surface area contributed by atoms with Gasteiger partial charge in [-0.15, -0.1) is 0 Å². The summed E-state index contributed by atoms with van der Waals surface area (Å²) in [6.45, 7) is 1.85. The molecular weight excluding hydrogens is 154 g/mol. The molecule has 12 heavy (non-hydrogen) atoms. The lowest BCUT2D eigenvalue weighted by molar-refractivity contribution is 0.112. The Kier molecular flexibility index (Phi) is 2.33. The summed E-state index contributed by atoms with van der Waals surface area (Å²) in [5.41, 5.74) is 7.49. The summed E-state index contributed by atoms with van der Waals surface area (Å²) in [6, 6.07) is 3.37. The Hall–Kier alpha value is -1.51. The molecular formula is C9H11NO2. The van der Waals surface area contributed by atoms with Crippen LogP contribution in [-0.2, 0) is 0 Å². The zero-order valence-electron chi connectivity index (χ0n) is 7.13. The molecule has 0 saturated heterocycles. The van der Waals surface area contributed by atoms with Gasteiger partial charge in [0.2, 0.25) is 0 Å². The highest BCUT2D eigenvalue weighted by molar-refractivity contribution is 5.82. The molecule has 0 bridgehead atoms. The quantitative estimate of drug-likeness (QED) is 0.532. The van der Waals surface area contributed by atoms with Crippen LogP contribution in [0.4, 0.5) is 5.69 Å². The number of nitrogen functional groups attached to an aromatic ring is 1. The second-order valence-corrected chi connectivity index (χ2v) is 2.58. The summed E-state index contributed by atoms with van der Waals surface area (Å²) in [4.78, 5) is 10.6. The van der Waals surface area contributed by atoms with Crippen molar-refractivity contribution in [1.29, 1.82) is 0 Å². The minimum atomic E-state index is 0.495. The first-order valence-corrected chi connectivity index (χ1v) is 3.58. The average Bonchev–Trinajstić information content (AvgIpc) is 2.03. The molecule has 0 aliphatic heterocycles. The fourth-order valence-corrected chi connectivity index (χ4v) is 1.20. The Bertz CT molecular complexity index is 308. The number of rotatable bonds is 2. The molecule has 0 amide bonds. The molecule has 0 aliphatic carbocycles. The van der Waals surface area contributed by atoms with E-state index in [1.165, 1.54) is 7.11 Å².